The predicted molar refractivity (Wildman–Crippen MR) is 78.6 cm³/mol. The Hall–Kier alpha value is -0.540. The van der Waals surface area contributed by atoms with Crippen molar-refractivity contribution in [2.45, 2.75) is 31.0 Å². The minimum Gasteiger partial charge on any atom is -0.352 e. The third-order valence-electron chi connectivity index (χ3n) is 3.40. The Morgan fingerprint density at radius 1 is 1.50 bits per heavy atom. The number of aryl methyl sites for hydroxylation is 1. The van der Waals surface area contributed by atoms with Gasteiger partial charge in [0.2, 0.25) is 0 Å². The van der Waals surface area contributed by atoms with Gasteiger partial charge in [0.05, 0.1) is 10.6 Å². The molecular weight excluding hydrogens is 314 g/mol. The molecule has 1 N–H and O–H groups in total. The Morgan fingerprint density at radius 2 is 2.28 bits per heavy atom. The minimum absolute atomic E-state index is 0.0713. The molecule has 2 nitrogen and oxygen atoms in total. The van der Waals surface area contributed by atoms with Crippen molar-refractivity contribution in [2.75, 3.05) is 6.54 Å². The summed E-state index contributed by atoms with van der Waals surface area (Å²) in [4.78, 5) is 12.6. The summed E-state index contributed by atoms with van der Waals surface area (Å²) in [5.74, 6) is 0.514. The monoisotopic (exact) mass is 329 g/mol. The van der Waals surface area contributed by atoms with E-state index in [9.17, 15) is 4.79 Å². The highest BCUT2D eigenvalue weighted by Crippen LogP contribution is 2.30. The highest BCUT2D eigenvalue weighted by Gasteiger charge is 2.23. The van der Waals surface area contributed by atoms with E-state index in [-0.39, 0.29) is 5.91 Å². The average molecular weight is 331 g/mol. The van der Waals surface area contributed by atoms with Crippen molar-refractivity contribution >= 4 is 33.4 Å². The first-order chi connectivity index (χ1) is 8.56. The molecule has 0 heterocycles. The van der Waals surface area contributed by atoms with E-state index in [1.165, 1.54) is 12.8 Å². The minimum atomic E-state index is -0.0713. The summed E-state index contributed by atoms with van der Waals surface area (Å²) >= 11 is 9.69. The van der Waals surface area contributed by atoms with Crippen LogP contribution in [0.4, 0.5) is 0 Å². The first kappa shape index (κ1) is 13.9. The van der Waals surface area contributed by atoms with Crippen LogP contribution in [0, 0.1) is 12.8 Å². The number of alkyl halides is 1. The van der Waals surface area contributed by atoms with E-state index in [1.807, 2.05) is 19.1 Å². The van der Waals surface area contributed by atoms with Gasteiger partial charge in [-0.25, -0.2) is 0 Å². The van der Waals surface area contributed by atoms with E-state index in [0.717, 1.165) is 18.5 Å². The Balaban J connectivity index is 1.91. The number of carbonyl (C=O) groups is 1. The van der Waals surface area contributed by atoms with Gasteiger partial charge < -0.3 is 5.32 Å². The lowest BCUT2D eigenvalue weighted by atomic mass is 10.1. The van der Waals surface area contributed by atoms with Crippen LogP contribution in [-0.2, 0) is 0 Å². The zero-order chi connectivity index (χ0) is 13.1. The number of rotatable bonds is 3. The van der Waals surface area contributed by atoms with Gasteiger partial charge >= 0.3 is 0 Å². The fraction of sp³-hybridized carbons (Fsp3) is 0.500. The Labute approximate surface area is 121 Å². The van der Waals surface area contributed by atoms with Crippen molar-refractivity contribution < 1.29 is 4.79 Å². The first-order valence-electron chi connectivity index (χ1n) is 6.24. The van der Waals surface area contributed by atoms with Crippen molar-refractivity contribution in [2.24, 2.45) is 5.92 Å². The largest absolute Gasteiger partial charge is 0.352 e. The van der Waals surface area contributed by atoms with E-state index < -0.39 is 0 Å². The van der Waals surface area contributed by atoms with Gasteiger partial charge in [-0.1, -0.05) is 33.6 Å². The molecule has 0 aliphatic heterocycles. The molecule has 0 radical (unpaired) electrons. The molecule has 2 rings (SSSR count). The van der Waals surface area contributed by atoms with Gasteiger partial charge in [0.15, 0.2) is 0 Å². The van der Waals surface area contributed by atoms with Crippen LogP contribution in [0.1, 0.15) is 35.2 Å². The second-order valence-corrected chi connectivity index (χ2v) is 6.67. The van der Waals surface area contributed by atoms with Crippen LogP contribution in [0.25, 0.3) is 0 Å². The standard InChI is InChI=1S/C14H17BrClNO/c1-9-2-5-12(13(16)6-9)14(18)17-8-10-3-4-11(15)7-10/h2,5-6,10-11H,3-4,7-8H2,1H3,(H,17,18). The first-order valence-corrected chi connectivity index (χ1v) is 7.54. The summed E-state index contributed by atoms with van der Waals surface area (Å²) in [6.07, 6.45) is 3.52. The van der Waals surface area contributed by atoms with E-state index >= 15 is 0 Å². The summed E-state index contributed by atoms with van der Waals surface area (Å²) in [5, 5.41) is 3.50. The number of benzene rings is 1. The van der Waals surface area contributed by atoms with Gasteiger partial charge in [0.25, 0.3) is 5.91 Å². The SMILES string of the molecule is Cc1ccc(C(=O)NCC2CCC(Br)C2)c(Cl)c1. The topological polar surface area (TPSA) is 29.1 Å². The molecule has 0 spiro atoms. The summed E-state index contributed by atoms with van der Waals surface area (Å²) < 4.78 is 0. The van der Waals surface area contributed by atoms with Crippen molar-refractivity contribution in [3.05, 3.63) is 34.3 Å². The second kappa shape index (κ2) is 6.07. The van der Waals surface area contributed by atoms with Crippen LogP contribution in [0.2, 0.25) is 5.02 Å². The van der Waals surface area contributed by atoms with E-state index in [0.29, 0.717) is 21.3 Å². The van der Waals surface area contributed by atoms with Crippen molar-refractivity contribution in [3.8, 4) is 0 Å². The summed E-state index contributed by atoms with van der Waals surface area (Å²) in [7, 11) is 0. The highest BCUT2D eigenvalue weighted by atomic mass is 79.9. The van der Waals surface area contributed by atoms with Crippen molar-refractivity contribution in [1.82, 2.24) is 5.32 Å². The number of hydrogen-bond acceptors (Lipinski definition) is 1. The maximum Gasteiger partial charge on any atom is 0.252 e. The van der Waals surface area contributed by atoms with Crippen LogP contribution in [0.5, 0.6) is 0 Å². The van der Waals surface area contributed by atoms with Gasteiger partial charge in [0, 0.05) is 11.4 Å². The Bertz CT molecular complexity index is 449. The lowest BCUT2D eigenvalue weighted by Crippen LogP contribution is -2.28. The second-order valence-electron chi connectivity index (χ2n) is 4.97. The number of halogens is 2. The molecule has 0 aromatic heterocycles. The fourth-order valence-corrected chi connectivity index (χ4v) is 3.45. The molecule has 1 aromatic carbocycles. The lowest BCUT2D eigenvalue weighted by Gasteiger charge is -2.11. The molecule has 1 aliphatic rings. The number of nitrogens with one attached hydrogen (secondary N) is 1. The number of hydrogen-bond donors (Lipinski definition) is 1. The molecule has 98 valence electrons. The van der Waals surface area contributed by atoms with Gasteiger partial charge in [-0.15, -0.1) is 0 Å². The normalized spacial score (nSPS) is 23.1. The summed E-state index contributed by atoms with van der Waals surface area (Å²) in [6.45, 7) is 2.70. The quantitative estimate of drug-likeness (QED) is 0.836. The van der Waals surface area contributed by atoms with Crippen LogP contribution in [0.3, 0.4) is 0 Å². The van der Waals surface area contributed by atoms with Crippen LogP contribution in [0.15, 0.2) is 18.2 Å². The number of carbonyl (C=O) groups excluding carboxylic acids is 1. The maximum absolute atomic E-state index is 12.0. The van der Waals surface area contributed by atoms with Crippen LogP contribution < -0.4 is 5.32 Å². The van der Waals surface area contributed by atoms with Gasteiger partial charge in [-0.3, -0.25) is 4.79 Å². The highest BCUT2D eigenvalue weighted by molar-refractivity contribution is 9.09. The van der Waals surface area contributed by atoms with E-state index in [1.54, 1.807) is 6.07 Å². The van der Waals surface area contributed by atoms with Crippen LogP contribution in [-0.4, -0.2) is 17.3 Å². The third-order valence-corrected chi connectivity index (χ3v) is 4.54. The molecule has 1 saturated carbocycles. The molecule has 1 aliphatic carbocycles. The lowest BCUT2D eigenvalue weighted by molar-refractivity contribution is 0.0947. The Kier molecular flexibility index (Phi) is 4.68. The summed E-state index contributed by atoms with van der Waals surface area (Å²) in [6, 6.07) is 5.51. The molecule has 2 atom stereocenters. The zero-order valence-electron chi connectivity index (χ0n) is 10.4. The fourth-order valence-electron chi connectivity index (χ4n) is 2.34. The van der Waals surface area contributed by atoms with Crippen LogP contribution >= 0.6 is 27.5 Å². The van der Waals surface area contributed by atoms with Gasteiger partial charge in [0.1, 0.15) is 0 Å². The van der Waals surface area contributed by atoms with Crippen molar-refractivity contribution in [1.29, 1.82) is 0 Å². The van der Waals surface area contributed by atoms with E-state index in [4.69, 9.17) is 11.6 Å². The smallest absolute Gasteiger partial charge is 0.252 e. The molecule has 2 unspecified atom stereocenters. The molecule has 0 saturated heterocycles. The van der Waals surface area contributed by atoms with Gasteiger partial charge in [-0.05, 0) is 49.8 Å². The zero-order valence-corrected chi connectivity index (χ0v) is 12.7. The maximum atomic E-state index is 12.0. The molecule has 0 bridgehead atoms. The molecule has 1 amide bonds. The molecular formula is C14H17BrClNO. The molecule has 4 heteroatoms. The van der Waals surface area contributed by atoms with E-state index in [2.05, 4.69) is 21.2 Å². The predicted octanol–water partition coefficient (Wildman–Crippen LogP) is 3.94. The molecule has 1 aromatic rings. The Morgan fingerprint density at radius 3 is 2.89 bits per heavy atom. The van der Waals surface area contributed by atoms with Crippen molar-refractivity contribution in [3.63, 3.8) is 0 Å². The number of amides is 1. The third kappa shape index (κ3) is 3.48. The van der Waals surface area contributed by atoms with Gasteiger partial charge in [-0.2, -0.15) is 0 Å². The molecule has 1 fully saturated rings. The summed E-state index contributed by atoms with van der Waals surface area (Å²) in [5.41, 5.74) is 1.63. The average Bonchev–Trinajstić information content (AvgIpc) is 2.72. The molecule has 18 heavy (non-hydrogen) atoms.